The molecule has 100 valence electrons. The zero-order valence-electron chi connectivity index (χ0n) is 10.5. The molecule has 19 heavy (non-hydrogen) atoms. The minimum absolute atomic E-state index is 0.138. The minimum Gasteiger partial charge on any atom is -0.375 e. The first-order chi connectivity index (χ1) is 9.18. The lowest BCUT2D eigenvalue weighted by Gasteiger charge is -2.43. The molecule has 1 saturated carbocycles. The number of nitrogens with one attached hydrogen (secondary N) is 1. The largest absolute Gasteiger partial charge is 0.375 e. The third-order valence-corrected chi connectivity index (χ3v) is 5.13. The molecule has 2 aromatic rings. The molecule has 1 aromatic heterocycles. The van der Waals surface area contributed by atoms with Gasteiger partial charge in [-0.3, -0.25) is 0 Å². The van der Waals surface area contributed by atoms with E-state index in [-0.39, 0.29) is 5.54 Å². The van der Waals surface area contributed by atoms with Crippen LogP contribution in [0.4, 0.5) is 5.13 Å². The Hall–Kier alpha value is -0.910. The van der Waals surface area contributed by atoms with Gasteiger partial charge >= 0.3 is 0 Å². The molecule has 5 heteroatoms. The molecule has 1 heterocycles. The molecule has 0 amide bonds. The molecule has 0 aliphatic heterocycles. The van der Waals surface area contributed by atoms with Gasteiger partial charge in [-0.1, -0.05) is 28.1 Å². The van der Waals surface area contributed by atoms with Crippen LogP contribution in [-0.4, -0.2) is 4.98 Å². The average molecular weight is 338 g/mol. The fourth-order valence-corrected chi connectivity index (χ4v) is 3.42. The molecule has 1 aliphatic carbocycles. The number of nitrogens with two attached hydrogens (primary N) is 1. The highest BCUT2D eigenvalue weighted by molar-refractivity contribution is 9.10. The number of aromatic nitrogens is 1. The molecular weight excluding hydrogens is 322 g/mol. The highest BCUT2D eigenvalue weighted by Gasteiger charge is 2.38. The van der Waals surface area contributed by atoms with E-state index in [0.29, 0.717) is 5.13 Å². The average Bonchev–Trinajstić information content (AvgIpc) is 2.76. The normalized spacial score (nSPS) is 17.1. The van der Waals surface area contributed by atoms with Crippen molar-refractivity contribution in [3.63, 3.8) is 0 Å². The summed E-state index contributed by atoms with van der Waals surface area (Å²) in [5, 5.41) is 4.34. The molecular formula is C14H16BrN3S. The van der Waals surface area contributed by atoms with Crippen molar-refractivity contribution < 1.29 is 0 Å². The third-order valence-electron chi connectivity index (χ3n) is 3.78. The fraction of sp³-hybridized carbons (Fsp3) is 0.357. The minimum atomic E-state index is 0.138. The van der Waals surface area contributed by atoms with Gasteiger partial charge in [0.05, 0.1) is 0 Å². The Morgan fingerprint density at radius 2 is 2.05 bits per heavy atom. The maximum Gasteiger partial charge on any atom is 0.180 e. The summed E-state index contributed by atoms with van der Waals surface area (Å²) in [5.74, 6) is 0. The van der Waals surface area contributed by atoms with Crippen molar-refractivity contribution in [2.24, 2.45) is 0 Å². The summed E-state index contributed by atoms with van der Waals surface area (Å²) >= 11 is 5.05. The molecule has 0 bridgehead atoms. The van der Waals surface area contributed by atoms with Crippen LogP contribution in [0.2, 0.25) is 0 Å². The molecule has 1 aliphatic rings. The summed E-state index contributed by atoms with van der Waals surface area (Å²) in [6.07, 6.45) is 5.54. The van der Waals surface area contributed by atoms with Gasteiger partial charge in [-0.2, -0.15) is 0 Å². The van der Waals surface area contributed by atoms with Gasteiger partial charge < -0.3 is 11.1 Å². The summed E-state index contributed by atoms with van der Waals surface area (Å²) < 4.78 is 1.13. The molecule has 3 nitrogen and oxygen atoms in total. The van der Waals surface area contributed by atoms with Crippen molar-refractivity contribution in [3.8, 4) is 0 Å². The zero-order chi connectivity index (χ0) is 13.3. The topological polar surface area (TPSA) is 50.9 Å². The summed E-state index contributed by atoms with van der Waals surface area (Å²) in [5.41, 5.74) is 7.18. The van der Waals surface area contributed by atoms with Crippen molar-refractivity contribution in [2.75, 3.05) is 5.73 Å². The van der Waals surface area contributed by atoms with Crippen LogP contribution in [0.3, 0.4) is 0 Å². The van der Waals surface area contributed by atoms with Crippen molar-refractivity contribution >= 4 is 32.4 Å². The number of nitrogens with zero attached hydrogens (tertiary/aromatic N) is 1. The van der Waals surface area contributed by atoms with E-state index < -0.39 is 0 Å². The van der Waals surface area contributed by atoms with Crippen molar-refractivity contribution in [1.29, 1.82) is 0 Å². The Kier molecular flexibility index (Phi) is 3.60. The number of nitrogen functional groups attached to an aromatic ring is 1. The van der Waals surface area contributed by atoms with Crippen molar-refractivity contribution in [1.82, 2.24) is 10.3 Å². The summed E-state index contributed by atoms with van der Waals surface area (Å²) in [7, 11) is 0. The van der Waals surface area contributed by atoms with Crippen LogP contribution < -0.4 is 11.1 Å². The first-order valence-electron chi connectivity index (χ1n) is 6.39. The summed E-state index contributed by atoms with van der Waals surface area (Å²) in [4.78, 5) is 5.29. The first kappa shape index (κ1) is 13.1. The van der Waals surface area contributed by atoms with Crippen LogP contribution in [0.1, 0.15) is 29.7 Å². The third kappa shape index (κ3) is 2.68. The second-order valence-electron chi connectivity index (χ2n) is 4.96. The van der Waals surface area contributed by atoms with Crippen molar-refractivity contribution in [3.05, 3.63) is 45.4 Å². The van der Waals surface area contributed by atoms with Crippen LogP contribution in [0.25, 0.3) is 0 Å². The van der Waals surface area contributed by atoms with E-state index in [1.54, 1.807) is 11.3 Å². The van der Waals surface area contributed by atoms with E-state index >= 15 is 0 Å². The lowest BCUT2D eigenvalue weighted by molar-refractivity contribution is 0.184. The van der Waals surface area contributed by atoms with Gasteiger partial charge in [0.25, 0.3) is 0 Å². The highest BCUT2D eigenvalue weighted by atomic mass is 79.9. The van der Waals surface area contributed by atoms with Gasteiger partial charge in [-0.15, -0.1) is 11.3 Å². The number of benzene rings is 1. The predicted octanol–water partition coefficient (Wildman–Crippen LogP) is 3.66. The van der Waals surface area contributed by atoms with E-state index in [1.165, 1.54) is 29.7 Å². The van der Waals surface area contributed by atoms with E-state index in [0.717, 1.165) is 11.0 Å². The first-order valence-corrected chi connectivity index (χ1v) is 8.00. The van der Waals surface area contributed by atoms with Crippen LogP contribution in [0.5, 0.6) is 0 Å². The smallest absolute Gasteiger partial charge is 0.180 e. The number of anilines is 1. The van der Waals surface area contributed by atoms with Gasteiger partial charge in [-0.25, -0.2) is 4.98 Å². The maximum atomic E-state index is 5.67. The Morgan fingerprint density at radius 1 is 1.32 bits per heavy atom. The number of hydrogen-bond donors (Lipinski definition) is 2. The van der Waals surface area contributed by atoms with Crippen LogP contribution in [0.15, 0.2) is 34.9 Å². The molecule has 1 fully saturated rings. The predicted molar refractivity (Wildman–Crippen MR) is 83.0 cm³/mol. The molecule has 0 unspecified atom stereocenters. The molecule has 0 spiro atoms. The molecule has 3 rings (SSSR count). The van der Waals surface area contributed by atoms with Crippen LogP contribution in [0, 0.1) is 0 Å². The molecule has 0 radical (unpaired) electrons. The molecule has 1 aromatic carbocycles. The van der Waals surface area contributed by atoms with E-state index in [4.69, 9.17) is 5.73 Å². The SMILES string of the molecule is Nc1ncc(CNC2(c3ccc(Br)cc3)CCC2)s1. The van der Waals surface area contributed by atoms with E-state index in [2.05, 4.69) is 50.5 Å². The van der Waals surface area contributed by atoms with Gasteiger partial charge in [0, 0.05) is 27.6 Å². The van der Waals surface area contributed by atoms with Gasteiger partial charge in [-0.05, 0) is 37.0 Å². The number of rotatable bonds is 4. The quantitative estimate of drug-likeness (QED) is 0.895. The lowest BCUT2D eigenvalue weighted by atomic mass is 9.72. The lowest BCUT2D eigenvalue weighted by Crippen LogP contribution is -2.47. The molecule has 0 atom stereocenters. The monoisotopic (exact) mass is 337 g/mol. The van der Waals surface area contributed by atoms with E-state index in [9.17, 15) is 0 Å². The Morgan fingerprint density at radius 3 is 2.58 bits per heavy atom. The number of halogens is 1. The molecule has 3 N–H and O–H groups in total. The Labute approximate surface area is 125 Å². The summed E-state index contributed by atoms with van der Waals surface area (Å²) in [6, 6.07) is 8.64. The van der Waals surface area contributed by atoms with Gasteiger partial charge in [0.1, 0.15) is 0 Å². The van der Waals surface area contributed by atoms with Crippen molar-refractivity contribution in [2.45, 2.75) is 31.3 Å². The van der Waals surface area contributed by atoms with Gasteiger partial charge in [0.15, 0.2) is 5.13 Å². The second kappa shape index (κ2) is 5.23. The zero-order valence-corrected chi connectivity index (χ0v) is 12.9. The maximum absolute atomic E-state index is 5.67. The number of hydrogen-bond acceptors (Lipinski definition) is 4. The number of thiazole rings is 1. The molecule has 0 saturated heterocycles. The van der Waals surface area contributed by atoms with Crippen LogP contribution >= 0.6 is 27.3 Å². The highest BCUT2D eigenvalue weighted by Crippen LogP contribution is 2.41. The Bertz CT molecular complexity index is 560. The summed E-state index contributed by atoms with van der Waals surface area (Å²) in [6.45, 7) is 0.838. The van der Waals surface area contributed by atoms with E-state index in [1.807, 2.05) is 6.20 Å². The van der Waals surface area contributed by atoms with Gasteiger partial charge in [0.2, 0.25) is 0 Å². The van der Waals surface area contributed by atoms with Crippen LogP contribution in [-0.2, 0) is 12.1 Å². The fourth-order valence-electron chi connectivity index (χ4n) is 2.53. The second-order valence-corrected chi connectivity index (χ2v) is 7.02. The Balaban J connectivity index is 1.74. The standard InChI is InChI=1S/C14H16BrN3S/c15-11-4-2-10(3-5-11)14(6-1-7-14)18-9-12-8-17-13(16)19-12/h2-5,8,18H,1,6-7,9H2,(H2,16,17).